The van der Waals surface area contributed by atoms with Crippen LogP contribution in [0.25, 0.3) is 28.4 Å². The molecule has 0 aliphatic heterocycles. The van der Waals surface area contributed by atoms with E-state index in [0.717, 1.165) is 12.1 Å². The molecule has 4 rings (SSSR count). The van der Waals surface area contributed by atoms with Crippen LogP contribution in [0.3, 0.4) is 0 Å². The maximum absolute atomic E-state index is 12.6. The van der Waals surface area contributed by atoms with E-state index in [9.17, 15) is 9.59 Å². The Balaban J connectivity index is 1.93. The summed E-state index contributed by atoms with van der Waals surface area (Å²) >= 11 is 0. The van der Waals surface area contributed by atoms with Crippen molar-refractivity contribution in [3.05, 3.63) is 57.4 Å². The van der Waals surface area contributed by atoms with Gasteiger partial charge in [-0.25, -0.2) is 9.78 Å². The molecule has 0 aliphatic carbocycles. The fourth-order valence-corrected chi connectivity index (χ4v) is 3.25. The molecule has 0 bridgehead atoms. The van der Waals surface area contributed by atoms with E-state index in [-0.39, 0.29) is 0 Å². The highest BCUT2D eigenvalue weighted by Gasteiger charge is 2.21. The summed E-state index contributed by atoms with van der Waals surface area (Å²) < 4.78 is 8.40. The molecule has 0 unspecified atom stereocenters. The first-order valence-electron chi connectivity index (χ1n) is 9.34. The number of hydrogen-bond donors (Lipinski definition) is 1. The summed E-state index contributed by atoms with van der Waals surface area (Å²) in [6.45, 7) is 3.16. The van der Waals surface area contributed by atoms with Crippen molar-refractivity contribution in [1.82, 2.24) is 34.1 Å². The molecule has 1 N–H and O–H groups in total. The van der Waals surface area contributed by atoms with Crippen LogP contribution < -0.4 is 11.2 Å². The Labute approximate surface area is 165 Å². The van der Waals surface area contributed by atoms with Crippen LogP contribution in [0.4, 0.5) is 0 Å². The highest BCUT2D eigenvalue weighted by molar-refractivity contribution is 5.75. The number of aryl methyl sites for hydroxylation is 1. The molecular formula is C19H21N7O3. The number of imidazole rings is 1. The zero-order valence-corrected chi connectivity index (χ0v) is 16.2. The number of hydrogen-bond acceptors (Lipinski definition) is 6. The van der Waals surface area contributed by atoms with E-state index in [0.29, 0.717) is 42.4 Å². The molecule has 3 heterocycles. The normalized spacial score (nSPS) is 11.4. The minimum atomic E-state index is -0.484. The SMILES string of the molecule is CCCn1c(=O)[nH]c(=O)c2c1nc(-c1cnn(-c3ccccc3)n1)n2CCOC. The predicted molar refractivity (Wildman–Crippen MR) is 107 cm³/mol. The number of aromatic nitrogens is 7. The average molecular weight is 395 g/mol. The van der Waals surface area contributed by atoms with Gasteiger partial charge in [-0.15, -0.1) is 5.10 Å². The van der Waals surface area contributed by atoms with Crippen LogP contribution in [-0.4, -0.2) is 47.8 Å². The molecule has 0 saturated carbocycles. The number of fused-ring (bicyclic) bond motifs is 1. The molecule has 1 aromatic carbocycles. The molecular weight excluding hydrogens is 374 g/mol. The Morgan fingerprint density at radius 1 is 1.10 bits per heavy atom. The number of rotatable bonds is 7. The van der Waals surface area contributed by atoms with E-state index in [2.05, 4.69) is 20.2 Å². The molecule has 0 amide bonds. The monoisotopic (exact) mass is 395 g/mol. The molecule has 0 aliphatic rings. The Hall–Kier alpha value is -3.53. The van der Waals surface area contributed by atoms with Crippen molar-refractivity contribution in [2.75, 3.05) is 13.7 Å². The van der Waals surface area contributed by atoms with Gasteiger partial charge >= 0.3 is 5.69 Å². The lowest BCUT2D eigenvalue weighted by molar-refractivity contribution is 0.188. The number of methoxy groups -OCH3 is 1. The van der Waals surface area contributed by atoms with Crippen molar-refractivity contribution < 1.29 is 4.74 Å². The van der Waals surface area contributed by atoms with Gasteiger partial charge in [0.15, 0.2) is 17.0 Å². The number of para-hydroxylation sites is 1. The standard InChI is InChI=1S/C19H21N7O3/c1-3-9-25-17-15(18(27)22-19(25)28)24(10-11-29-2)16(21-17)14-12-20-26(23-14)13-7-5-4-6-8-13/h4-8,12H,3,9-11H2,1-2H3,(H,22,27,28). The summed E-state index contributed by atoms with van der Waals surface area (Å²) in [6.07, 6.45) is 2.32. The predicted octanol–water partition coefficient (Wildman–Crippen LogP) is 1.19. The second-order valence-corrected chi connectivity index (χ2v) is 6.52. The lowest BCUT2D eigenvalue weighted by Gasteiger charge is -2.07. The van der Waals surface area contributed by atoms with Crippen LogP contribution in [0, 0.1) is 0 Å². The van der Waals surface area contributed by atoms with Crippen LogP contribution in [0.15, 0.2) is 46.1 Å². The van der Waals surface area contributed by atoms with E-state index >= 15 is 0 Å². The van der Waals surface area contributed by atoms with Crippen LogP contribution in [0.1, 0.15) is 13.3 Å². The smallest absolute Gasteiger partial charge is 0.330 e. The van der Waals surface area contributed by atoms with Crippen molar-refractivity contribution >= 4 is 11.2 Å². The molecule has 29 heavy (non-hydrogen) atoms. The zero-order chi connectivity index (χ0) is 20.4. The number of H-pyrrole nitrogens is 1. The largest absolute Gasteiger partial charge is 0.383 e. The van der Waals surface area contributed by atoms with Crippen molar-refractivity contribution in [2.45, 2.75) is 26.4 Å². The van der Waals surface area contributed by atoms with Gasteiger partial charge in [-0.2, -0.15) is 9.90 Å². The molecule has 10 heteroatoms. The molecule has 0 saturated heterocycles. The Morgan fingerprint density at radius 2 is 1.90 bits per heavy atom. The lowest BCUT2D eigenvalue weighted by atomic mass is 10.3. The molecule has 4 aromatic rings. The minimum Gasteiger partial charge on any atom is -0.383 e. The molecule has 150 valence electrons. The molecule has 0 fully saturated rings. The van der Waals surface area contributed by atoms with E-state index in [1.807, 2.05) is 37.3 Å². The summed E-state index contributed by atoms with van der Waals surface area (Å²) in [4.78, 5) is 33.4. The molecule has 10 nitrogen and oxygen atoms in total. The van der Waals surface area contributed by atoms with Crippen molar-refractivity contribution in [3.8, 4) is 17.2 Å². The van der Waals surface area contributed by atoms with Gasteiger partial charge in [-0.1, -0.05) is 25.1 Å². The van der Waals surface area contributed by atoms with Gasteiger partial charge in [0.1, 0.15) is 5.69 Å². The van der Waals surface area contributed by atoms with Crippen molar-refractivity contribution in [3.63, 3.8) is 0 Å². The summed E-state index contributed by atoms with van der Waals surface area (Å²) in [7, 11) is 1.59. The summed E-state index contributed by atoms with van der Waals surface area (Å²) in [5.41, 5.74) is 0.998. The molecule has 3 aromatic heterocycles. The second-order valence-electron chi connectivity index (χ2n) is 6.52. The first-order chi connectivity index (χ1) is 14.1. The number of ether oxygens (including phenoxy) is 1. The van der Waals surface area contributed by atoms with Gasteiger partial charge in [0, 0.05) is 20.2 Å². The van der Waals surface area contributed by atoms with Crippen LogP contribution in [-0.2, 0) is 17.8 Å². The third kappa shape index (κ3) is 3.38. The maximum atomic E-state index is 12.6. The summed E-state index contributed by atoms with van der Waals surface area (Å²) in [5.74, 6) is 0.459. The third-order valence-corrected chi connectivity index (χ3v) is 4.56. The van der Waals surface area contributed by atoms with Crippen LogP contribution in [0.2, 0.25) is 0 Å². The Kier molecular flexibility index (Phi) is 5.09. The van der Waals surface area contributed by atoms with E-state index in [4.69, 9.17) is 4.74 Å². The lowest BCUT2D eigenvalue weighted by Crippen LogP contribution is -2.31. The van der Waals surface area contributed by atoms with E-state index in [1.54, 1.807) is 17.9 Å². The maximum Gasteiger partial charge on any atom is 0.330 e. The highest BCUT2D eigenvalue weighted by atomic mass is 16.5. The Morgan fingerprint density at radius 3 is 2.62 bits per heavy atom. The second kappa shape index (κ2) is 7.84. The topological polar surface area (TPSA) is 113 Å². The van der Waals surface area contributed by atoms with Gasteiger partial charge in [-0.05, 0) is 18.6 Å². The van der Waals surface area contributed by atoms with Crippen molar-refractivity contribution in [1.29, 1.82) is 0 Å². The van der Waals surface area contributed by atoms with Gasteiger partial charge in [0.2, 0.25) is 0 Å². The quantitative estimate of drug-likeness (QED) is 0.503. The van der Waals surface area contributed by atoms with Gasteiger partial charge < -0.3 is 9.30 Å². The molecule has 0 radical (unpaired) electrons. The van der Waals surface area contributed by atoms with Gasteiger partial charge in [0.05, 0.1) is 18.5 Å². The first-order valence-corrected chi connectivity index (χ1v) is 9.34. The van der Waals surface area contributed by atoms with Gasteiger partial charge in [0.25, 0.3) is 5.56 Å². The molecule has 0 spiro atoms. The fraction of sp³-hybridized carbons (Fsp3) is 0.316. The Bertz CT molecular complexity index is 1250. The number of aromatic amines is 1. The van der Waals surface area contributed by atoms with Crippen LogP contribution in [0.5, 0.6) is 0 Å². The van der Waals surface area contributed by atoms with Gasteiger partial charge in [-0.3, -0.25) is 14.3 Å². The fourth-order valence-electron chi connectivity index (χ4n) is 3.25. The minimum absolute atomic E-state index is 0.319. The first kappa shape index (κ1) is 18.8. The summed E-state index contributed by atoms with van der Waals surface area (Å²) in [6, 6.07) is 9.49. The number of nitrogens with one attached hydrogen (secondary N) is 1. The van der Waals surface area contributed by atoms with E-state index in [1.165, 1.54) is 9.36 Å². The molecule has 0 atom stereocenters. The highest BCUT2D eigenvalue weighted by Crippen LogP contribution is 2.21. The summed E-state index contributed by atoms with van der Waals surface area (Å²) in [5, 5.41) is 8.84. The third-order valence-electron chi connectivity index (χ3n) is 4.56. The van der Waals surface area contributed by atoms with Crippen LogP contribution >= 0.6 is 0 Å². The zero-order valence-electron chi connectivity index (χ0n) is 16.2. The van der Waals surface area contributed by atoms with Crippen molar-refractivity contribution in [2.24, 2.45) is 0 Å². The van der Waals surface area contributed by atoms with E-state index < -0.39 is 11.2 Å². The number of benzene rings is 1. The number of nitrogens with zero attached hydrogens (tertiary/aromatic N) is 6. The average Bonchev–Trinajstić information content (AvgIpc) is 3.35.